The fourth-order valence-electron chi connectivity index (χ4n) is 4.04. The van der Waals surface area contributed by atoms with E-state index in [-0.39, 0.29) is 11.8 Å². The van der Waals surface area contributed by atoms with Crippen molar-refractivity contribution in [3.63, 3.8) is 0 Å². The van der Waals surface area contributed by atoms with Crippen LogP contribution in [0, 0.1) is 11.7 Å². The second-order valence-corrected chi connectivity index (χ2v) is 7.85. The Labute approximate surface area is 176 Å². The molecule has 1 N–H and O–H groups in total. The van der Waals surface area contributed by atoms with E-state index in [1.807, 2.05) is 36.5 Å². The van der Waals surface area contributed by atoms with Crippen LogP contribution in [0.5, 0.6) is 5.75 Å². The summed E-state index contributed by atoms with van der Waals surface area (Å²) >= 11 is 0. The van der Waals surface area contributed by atoms with E-state index >= 15 is 0 Å². The molecule has 0 spiro atoms. The smallest absolute Gasteiger partial charge is 0.326 e. The highest BCUT2D eigenvalue weighted by Crippen LogP contribution is 2.21. The lowest BCUT2D eigenvalue weighted by molar-refractivity contribution is 0.164. The number of ether oxygens (including phenoxy) is 1. The van der Waals surface area contributed by atoms with E-state index in [1.165, 1.54) is 12.1 Å². The van der Waals surface area contributed by atoms with Gasteiger partial charge >= 0.3 is 6.03 Å². The van der Waals surface area contributed by atoms with Crippen molar-refractivity contribution >= 4 is 16.9 Å². The maximum Gasteiger partial charge on any atom is 0.326 e. The van der Waals surface area contributed by atoms with Gasteiger partial charge in [0.25, 0.3) is 0 Å². The van der Waals surface area contributed by atoms with E-state index in [4.69, 9.17) is 4.74 Å². The molecule has 1 fully saturated rings. The van der Waals surface area contributed by atoms with Gasteiger partial charge in [0.05, 0.1) is 12.1 Å². The van der Waals surface area contributed by atoms with E-state index in [0.717, 1.165) is 55.5 Å². The van der Waals surface area contributed by atoms with Gasteiger partial charge in [-0.3, -0.25) is 4.57 Å². The molecule has 6 heteroatoms. The van der Waals surface area contributed by atoms with Gasteiger partial charge in [0.2, 0.25) is 0 Å². The number of halogens is 1. The molecule has 1 aliphatic rings. The van der Waals surface area contributed by atoms with Gasteiger partial charge in [0.1, 0.15) is 11.6 Å². The number of carbonyl (C=O) groups is 1. The zero-order valence-electron chi connectivity index (χ0n) is 17.1. The third-order valence-electron chi connectivity index (χ3n) is 5.84. The molecule has 4 rings (SSSR count). The highest BCUT2D eigenvalue weighted by Gasteiger charge is 2.19. The fraction of sp³-hybridized carbons (Fsp3) is 0.375. The van der Waals surface area contributed by atoms with Crippen LogP contribution in [0.25, 0.3) is 10.9 Å². The first-order valence-electron chi connectivity index (χ1n) is 10.6. The molecule has 0 aliphatic carbocycles. The first-order valence-corrected chi connectivity index (χ1v) is 10.6. The lowest BCUT2D eigenvalue weighted by atomic mass is 9.94. The Balaban J connectivity index is 1.13. The predicted octanol–water partition coefficient (Wildman–Crippen LogP) is 4.52. The Morgan fingerprint density at radius 1 is 1.07 bits per heavy atom. The van der Waals surface area contributed by atoms with Crippen LogP contribution < -0.4 is 10.1 Å². The Kier molecular flexibility index (Phi) is 6.64. The van der Waals surface area contributed by atoms with E-state index in [0.29, 0.717) is 19.1 Å². The van der Waals surface area contributed by atoms with E-state index in [1.54, 1.807) is 16.7 Å². The summed E-state index contributed by atoms with van der Waals surface area (Å²) in [7, 11) is 0. The first-order chi connectivity index (χ1) is 14.7. The quantitative estimate of drug-likeness (QED) is 0.624. The van der Waals surface area contributed by atoms with Crippen LogP contribution in [-0.4, -0.2) is 48.3 Å². The highest BCUT2D eigenvalue weighted by atomic mass is 19.1. The van der Waals surface area contributed by atoms with Gasteiger partial charge in [0.15, 0.2) is 0 Å². The molecule has 5 nitrogen and oxygen atoms in total. The first kappa shape index (κ1) is 20.4. The number of fused-ring (bicyclic) bond motifs is 1. The number of carbonyl (C=O) groups excluding carboxylic acids is 1. The molecule has 0 radical (unpaired) electrons. The van der Waals surface area contributed by atoms with Crippen LogP contribution in [-0.2, 0) is 0 Å². The average Bonchev–Trinajstić information content (AvgIpc) is 3.20. The maximum absolute atomic E-state index is 12.9. The lowest BCUT2D eigenvalue weighted by Crippen LogP contribution is -2.40. The van der Waals surface area contributed by atoms with Crippen molar-refractivity contribution in [1.82, 2.24) is 14.8 Å². The van der Waals surface area contributed by atoms with Crippen molar-refractivity contribution in [3.8, 4) is 5.75 Å². The normalized spacial score (nSPS) is 15.4. The minimum atomic E-state index is -0.243. The zero-order chi connectivity index (χ0) is 20.8. The molecule has 0 unspecified atom stereocenters. The molecule has 3 aromatic rings. The number of hydrogen-bond donors (Lipinski definition) is 1. The second-order valence-electron chi connectivity index (χ2n) is 7.85. The molecule has 2 heterocycles. The Morgan fingerprint density at radius 2 is 1.83 bits per heavy atom. The van der Waals surface area contributed by atoms with Crippen LogP contribution in [0.3, 0.4) is 0 Å². The molecule has 1 aliphatic heterocycles. The molecule has 2 aromatic carbocycles. The molecular formula is C24H28FN3O2. The van der Waals surface area contributed by atoms with Crippen LogP contribution in [0.4, 0.5) is 9.18 Å². The van der Waals surface area contributed by atoms with E-state index < -0.39 is 0 Å². The Morgan fingerprint density at radius 3 is 2.63 bits per heavy atom. The standard InChI is InChI=1S/C24H28FN3O2/c25-21-5-7-22(8-6-21)30-18-12-19-9-14-27(15-10-19)17-13-26-24(29)28-16-11-20-3-1-2-4-23(20)28/h1-8,11,16,19H,9-10,12-15,17-18H2,(H,26,29). The summed E-state index contributed by atoms with van der Waals surface area (Å²) < 4.78 is 20.3. The summed E-state index contributed by atoms with van der Waals surface area (Å²) in [6, 6.07) is 15.9. The SMILES string of the molecule is O=C(NCCN1CCC(CCOc2ccc(F)cc2)CC1)n1ccc2ccccc21. The molecule has 1 saturated heterocycles. The van der Waals surface area contributed by atoms with Gasteiger partial charge in [-0.15, -0.1) is 0 Å². The van der Waals surface area contributed by atoms with Crippen LogP contribution >= 0.6 is 0 Å². The van der Waals surface area contributed by atoms with Gasteiger partial charge in [-0.25, -0.2) is 9.18 Å². The number of para-hydroxylation sites is 1. The van der Waals surface area contributed by atoms with Crippen molar-refractivity contribution in [2.75, 3.05) is 32.8 Å². The van der Waals surface area contributed by atoms with Gasteiger partial charge < -0.3 is 15.0 Å². The average molecular weight is 410 g/mol. The summed E-state index contributed by atoms with van der Waals surface area (Å²) in [6.07, 6.45) is 5.12. The topological polar surface area (TPSA) is 46.5 Å². The molecule has 0 atom stereocenters. The third-order valence-corrected chi connectivity index (χ3v) is 5.84. The maximum atomic E-state index is 12.9. The molecular weight excluding hydrogens is 381 g/mol. The number of benzene rings is 2. The minimum Gasteiger partial charge on any atom is -0.494 e. The van der Waals surface area contributed by atoms with E-state index in [2.05, 4.69) is 10.2 Å². The summed E-state index contributed by atoms with van der Waals surface area (Å²) in [5, 5.41) is 4.10. The van der Waals surface area contributed by atoms with Gasteiger partial charge in [-0.05, 0) is 74.7 Å². The number of rotatable bonds is 7. The minimum absolute atomic E-state index is 0.0796. The summed E-state index contributed by atoms with van der Waals surface area (Å²) in [6.45, 7) is 4.26. The number of nitrogens with one attached hydrogen (secondary N) is 1. The molecule has 1 amide bonds. The predicted molar refractivity (Wildman–Crippen MR) is 116 cm³/mol. The molecule has 158 valence electrons. The second kappa shape index (κ2) is 9.76. The lowest BCUT2D eigenvalue weighted by Gasteiger charge is -2.31. The number of likely N-dealkylation sites (tertiary alicyclic amines) is 1. The monoisotopic (exact) mass is 409 g/mol. The van der Waals surface area contributed by atoms with Crippen molar-refractivity contribution in [3.05, 3.63) is 66.6 Å². The third kappa shape index (κ3) is 5.19. The van der Waals surface area contributed by atoms with Gasteiger partial charge in [0, 0.05) is 24.7 Å². The highest BCUT2D eigenvalue weighted by molar-refractivity contribution is 5.91. The largest absolute Gasteiger partial charge is 0.494 e. The van der Waals surface area contributed by atoms with Crippen molar-refractivity contribution < 1.29 is 13.9 Å². The van der Waals surface area contributed by atoms with Crippen LogP contribution in [0.2, 0.25) is 0 Å². The van der Waals surface area contributed by atoms with Crippen LogP contribution in [0.1, 0.15) is 19.3 Å². The Bertz CT molecular complexity index is 962. The molecule has 1 aromatic heterocycles. The number of amides is 1. The van der Waals surface area contributed by atoms with Crippen LogP contribution in [0.15, 0.2) is 60.8 Å². The Hall–Kier alpha value is -2.86. The van der Waals surface area contributed by atoms with Gasteiger partial charge in [-0.2, -0.15) is 0 Å². The number of piperidine rings is 1. The number of hydrogen-bond acceptors (Lipinski definition) is 3. The summed E-state index contributed by atoms with van der Waals surface area (Å²) in [5.74, 6) is 1.13. The molecule has 30 heavy (non-hydrogen) atoms. The van der Waals surface area contributed by atoms with Crippen molar-refractivity contribution in [1.29, 1.82) is 0 Å². The van der Waals surface area contributed by atoms with E-state index in [9.17, 15) is 9.18 Å². The van der Waals surface area contributed by atoms with Crippen molar-refractivity contribution in [2.45, 2.75) is 19.3 Å². The van der Waals surface area contributed by atoms with Crippen molar-refractivity contribution in [2.24, 2.45) is 5.92 Å². The van der Waals surface area contributed by atoms with Gasteiger partial charge in [-0.1, -0.05) is 18.2 Å². The summed E-state index contributed by atoms with van der Waals surface area (Å²) in [5.41, 5.74) is 0.929. The zero-order valence-corrected chi connectivity index (χ0v) is 17.1. The molecule has 0 saturated carbocycles. The number of aromatic nitrogens is 1. The fourth-order valence-corrected chi connectivity index (χ4v) is 4.04. The molecule has 0 bridgehead atoms. The summed E-state index contributed by atoms with van der Waals surface area (Å²) in [4.78, 5) is 14.9. The number of nitrogens with zero attached hydrogens (tertiary/aromatic N) is 2.